The van der Waals surface area contributed by atoms with Gasteiger partial charge in [0.05, 0.1) is 12.8 Å². The quantitative estimate of drug-likeness (QED) is 0.478. The number of rotatable bonds is 7. The van der Waals surface area contributed by atoms with Crippen molar-refractivity contribution >= 4 is 21.6 Å². The summed E-state index contributed by atoms with van der Waals surface area (Å²) in [5.41, 5.74) is 0.912. The van der Waals surface area contributed by atoms with E-state index >= 15 is 4.39 Å². The van der Waals surface area contributed by atoms with Crippen LogP contribution < -0.4 is 4.90 Å². The van der Waals surface area contributed by atoms with Crippen molar-refractivity contribution in [3.8, 4) is 11.5 Å². The fourth-order valence-electron chi connectivity index (χ4n) is 3.98. The maximum absolute atomic E-state index is 15.0. The molecule has 0 aliphatic carbocycles. The number of hydrogen-bond donors (Lipinski definition) is 0. The Morgan fingerprint density at radius 2 is 1.83 bits per heavy atom. The molecule has 2 aromatic carbocycles. The molecule has 1 fully saturated rings. The lowest BCUT2D eigenvalue weighted by molar-refractivity contribution is -0.123. The minimum Gasteiger partial charge on any atom is -0.415 e. The Labute approximate surface area is 200 Å². The fourth-order valence-corrected chi connectivity index (χ4v) is 4.85. The summed E-state index contributed by atoms with van der Waals surface area (Å²) in [6.45, 7) is 0.408. The summed E-state index contributed by atoms with van der Waals surface area (Å²) in [5, 5.41) is 6.77. The van der Waals surface area contributed by atoms with Gasteiger partial charge in [-0.3, -0.25) is 4.79 Å². The maximum Gasteiger partial charge on any atom is 0.314 e. The lowest BCUT2D eigenvalue weighted by Gasteiger charge is -2.33. The van der Waals surface area contributed by atoms with Crippen LogP contribution >= 0.6 is 0 Å². The van der Waals surface area contributed by atoms with E-state index in [4.69, 9.17) is 4.42 Å². The molecule has 8 nitrogen and oxygen atoms in total. The Hall–Kier alpha value is -3.25. The first-order valence-corrected chi connectivity index (χ1v) is 12.7. The molecular formula is C23H23F3N4O4S. The van der Waals surface area contributed by atoms with E-state index in [2.05, 4.69) is 10.2 Å². The number of piperidine rings is 1. The zero-order valence-corrected chi connectivity index (χ0v) is 19.6. The molecule has 186 valence electrons. The van der Waals surface area contributed by atoms with Crippen molar-refractivity contribution in [1.82, 2.24) is 14.5 Å². The van der Waals surface area contributed by atoms with Crippen LogP contribution in [0.3, 0.4) is 0 Å². The summed E-state index contributed by atoms with van der Waals surface area (Å²) in [4.78, 5) is 14.9. The first-order valence-electron chi connectivity index (χ1n) is 10.9. The number of nitrogens with zero attached hydrogens (tertiary/aromatic N) is 4. The van der Waals surface area contributed by atoms with E-state index < -0.39 is 34.1 Å². The standard InChI is InChI=1S/C23H23F3N4O4S/c1-35(32,33)29-11-9-15(10-12-29)23(31)30(18-5-3-2-4-6-18)14-17-8-7-16(13-19(17)24)21-27-28-22(34-21)20(25)26/h2-8,13,15,20H,9-12,14H2,1H3. The van der Waals surface area contributed by atoms with Crippen molar-refractivity contribution in [3.63, 3.8) is 0 Å². The molecule has 2 heterocycles. The van der Waals surface area contributed by atoms with Crippen LogP contribution in [-0.2, 0) is 21.4 Å². The highest BCUT2D eigenvalue weighted by atomic mass is 32.2. The van der Waals surface area contributed by atoms with E-state index in [-0.39, 0.29) is 42.6 Å². The molecule has 0 radical (unpaired) electrons. The zero-order valence-electron chi connectivity index (χ0n) is 18.8. The number of amides is 1. The summed E-state index contributed by atoms with van der Waals surface area (Å²) in [5.74, 6) is -2.40. The van der Waals surface area contributed by atoms with Gasteiger partial charge in [-0.1, -0.05) is 24.3 Å². The average Bonchev–Trinajstić information content (AvgIpc) is 3.34. The maximum atomic E-state index is 15.0. The summed E-state index contributed by atoms with van der Waals surface area (Å²) in [6.07, 6.45) is -1.07. The number of para-hydroxylation sites is 1. The van der Waals surface area contributed by atoms with E-state index in [0.717, 1.165) is 12.3 Å². The number of aromatic nitrogens is 2. The van der Waals surface area contributed by atoms with Crippen LogP contribution in [0.25, 0.3) is 11.5 Å². The number of alkyl halides is 2. The SMILES string of the molecule is CS(=O)(=O)N1CCC(C(=O)N(Cc2ccc(-c3nnc(C(F)F)o3)cc2F)c2ccccc2)CC1. The molecule has 1 saturated heterocycles. The first-order chi connectivity index (χ1) is 16.6. The summed E-state index contributed by atoms with van der Waals surface area (Å²) >= 11 is 0. The number of anilines is 1. The second-order valence-corrected chi connectivity index (χ2v) is 10.2. The lowest BCUT2D eigenvalue weighted by atomic mass is 9.96. The van der Waals surface area contributed by atoms with Crippen molar-refractivity contribution in [3.05, 3.63) is 65.8 Å². The predicted octanol–water partition coefficient (Wildman–Crippen LogP) is 4.02. The van der Waals surface area contributed by atoms with Gasteiger partial charge in [0.25, 0.3) is 5.89 Å². The van der Waals surface area contributed by atoms with Gasteiger partial charge in [-0.2, -0.15) is 8.78 Å². The molecule has 1 aliphatic rings. The van der Waals surface area contributed by atoms with Gasteiger partial charge in [0.1, 0.15) is 5.82 Å². The van der Waals surface area contributed by atoms with Gasteiger partial charge >= 0.3 is 6.43 Å². The molecular weight excluding hydrogens is 485 g/mol. The van der Waals surface area contributed by atoms with E-state index in [1.54, 1.807) is 30.3 Å². The number of hydrogen-bond acceptors (Lipinski definition) is 6. The lowest BCUT2D eigenvalue weighted by Crippen LogP contribution is -2.44. The highest BCUT2D eigenvalue weighted by Gasteiger charge is 2.32. The van der Waals surface area contributed by atoms with Gasteiger partial charge in [0.15, 0.2) is 0 Å². The van der Waals surface area contributed by atoms with Crippen LogP contribution in [0.1, 0.15) is 30.7 Å². The van der Waals surface area contributed by atoms with Crippen molar-refractivity contribution in [2.75, 3.05) is 24.2 Å². The number of benzene rings is 2. The smallest absolute Gasteiger partial charge is 0.314 e. The molecule has 35 heavy (non-hydrogen) atoms. The van der Waals surface area contributed by atoms with Crippen LogP contribution in [0.2, 0.25) is 0 Å². The molecule has 0 spiro atoms. The fraction of sp³-hybridized carbons (Fsp3) is 0.348. The minimum atomic E-state index is -3.33. The van der Waals surface area contributed by atoms with E-state index in [9.17, 15) is 22.0 Å². The van der Waals surface area contributed by atoms with Crippen LogP contribution in [-0.4, -0.2) is 48.2 Å². The molecule has 0 unspecified atom stereocenters. The molecule has 0 N–H and O–H groups in total. The normalized spacial score (nSPS) is 15.5. The van der Waals surface area contributed by atoms with Gasteiger partial charge in [-0.25, -0.2) is 17.1 Å². The monoisotopic (exact) mass is 508 g/mol. The number of halogens is 3. The second-order valence-electron chi connectivity index (χ2n) is 8.25. The Morgan fingerprint density at radius 3 is 2.40 bits per heavy atom. The molecule has 4 rings (SSSR count). The van der Waals surface area contributed by atoms with Gasteiger partial charge in [-0.15, -0.1) is 10.2 Å². The van der Waals surface area contributed by atoms with Gasteiger partial charge in [0.2, 0.25) is 21.8 Å². The van der Waals surface area contributed by atoms with E-state index in [1.807, 2.05) is 0 Å². The van der Waals surface area contributed by atoms with Gasteiger partial charge in [-0.05, 0) is 37.1 Å². The highest BCUT2D eigenvalue weighted by molar-refractivity contribution is 7.88. The number of sulfonamides is 1. The molecule has 3 aromatic rings. The van der Waals surface area contributed by atoms with Crippen molar-refractivity contribution < 1.29 is 30.8 Å². The molecule has 1 amide bonds. The predicted molar refractivity (Wildman–Crippen MR) is 121 cm³/mol. The van der Waals surface area contributed by atoms with Gasteiger partial charge < -0.3 is 9.32 Å². The van der Waals surface area contributed by atoms with E-state index in [1.165, 1.54) is 21.3 Å². The topological polar surface area (TPSA) is 96.6 Å². The largest absolute Gasteiger partial charge is 0.415 e. The average molecular weight is 509 g/mol. The highest BCUT2D eigenvalue weighted by Crippen LogP contribution is 2.28. The minimum absolute atomic E-state index is 0.0760. The third kappa shape index (κ3) is 5.70. The van der Waals surface area contributed by atoms with Gasteiger partial charge in [0, 0.05) is 35.8 Å². The Balaban J connectivity index is 1.56. The number of carbonyl (C=O) groups is 1. The molecule has 0 saturated carbocycles. The molecule has 12 heteroatoms. The van der Waals surface area contributed by atoms with Crippen molar-refractivity contribution in [1.29, 1.82) is 0 Å². The first kappa shape index (κ1) is 24.9. The van der Waals surface area contributed by atoms with Crippen molar-refractivity contribution in [2.45, 2.75) is 25.8 Å². The zero-order chi connectivity index (χ0) is 25.2. The molecule has 1 aromatic heterocycles. The Morgan fingerprint density at radius 1 is 1.14 bits per heavy atom. The number of carbonyl (C=O) groups excluding carboxylic acids is 1. The van der Waals surface area contributed by atoms with Crippen LogP contribution in [0.4, 0.5) is 18.9 Å². The summed E-state index contributed by atoms with van der Waals surface area (Å²) in [7, 11) is -3.33. The Kier molecular flexibility index (Phi) is 7.22. The van der Waals surface area contributed by atoms with Crippen LogP contribution in [0.5, 0.6) is 0 Å². The van der Waals surface area contributed by atoms with E-state index in [0.29, 0.717) is 18.5 Å². The third-order valence-electron chi connectivity index (χ3n) is 5.86. The Bertz CT molecular complexity index is 1290. The molecule has 0 atom stereocenters. The van der Waals surface area contributed by atoms with Crippen LogP contribution in [0.15, 0.2) is 52.9 Å². The van der Waals surface area contributed by atoms with Crippen molar-refractivity contribution in [2.24, 2.45) is 5.92 Å². The second kappa shape index (κ2) is 10.2. The molecule has 0 bridgehead atoms. The summed E-state index contributed by atoms with van der Waals surface area (Å²) < 4.78 is 70.3. The molecule has 1 aliphatic heterocycles. The summed E-state index contributed by atoms with van der Waals surface area (Å²) in [6, 6.07) is 12.8. The third-order valence-corrected chi connectivity index (χ3v) is 7.17. The van der Waals surface area contributed by atoms with Crippen LogP contribution in [0, 0.1) is 11.7 Å².